The second-order valence-electron chi connectivity index (χ2n) is 6.87. The summed E-state index contributed by atoms with van der Waals surface area (Å²) in [6.07, 6.45) is -0.935. The number of carboxylic acid groups (broad SMARTS) is 1. The van der Waals surface area contributed by atoms with Gasteiger partial charge in [0, 0.05) is 12.0 Å². The molecule has 1 amide bonds. The number of benzene rings is 3. The maximum atomic E-state index is 12.4. The number of aromatic carboxylic acids is 1. The lowest BCUT2D eigenvalue weighted by molar-refractivity contribution is -0.383. The second-order valence-corrected chi connectivity index (χ2v) is 7.27. The van der Waals surface area contributed by atoms with Crippen LogP contribution in [0.15, 0.2) is 60.7 Å². The topological polar surface area (TPSA) is 119 Å². The molecule has 156 valence electrons. The van der Waals surface area contributed by atoms with Gasteiger partial charge < -0.3 is 9.84 Å². The van der Waals surface area contributed by atoms with E-state index in [1.54, 1.807) is 0 Å². The number of fused-ring (bicyclic) bond motifs is 3. The number of carboxylic acids is 1. The largest absolute Gasteiger partial charge is 0.478 e. The number of halogens is 1. The number of hydrogen-bond donors (Lipinski definition) is 2. The third-order valence-electron chi connectivity index (χ3n) is 5.08. The van der Waals surface area contributed by atoms with Gasteiger partial charge in [0.15, 0.2) is 0 Å². The van der Waals surface area contributed by atoms with Crippen molar-refractivity contribution in [1.29, 1.82) is 0 Å². The molecule has 0 unspecified atom stereocenters. The number of hydrogen-bond acceptors (Lipinski definition) is 5. The lowest BCUT2D eigenvalue weighted by Gasteiger charge is -2.15. The van der Waals surface area contributed by atoms with Crippen LogP contribution in [0.3, 0.4) is 0 Å². The standard InChI is InChI=1S/C22H15ClN2O6/c23-18-9-12(21(26)27)10-19(25(29)30)20(18)24-22(28)31-11-17-15-7-3-1-5-13(15)14-6-2-4-8-16(14)17/h1-10,17H,11H2,(H,24,28)(H,26,27). The summed E-state index contributed by atoms with van der Waals surface area (Å²) in [4.78, 5) is 34.0. The fraction of sp³-hybridized carbons (Fsp3) is 0.0909. The van der Waals surface area contributed by atoms with Crippen LogP contribution in [0.1, 0.15) is 27.4 Å². The Morgan fingerprint density at radius 2 is 1.65 bits per heavy atom. The van der Waals surface area contributed by atoms with Gasteiger partial charge in [0.25, 0.3) is 5.69 Å². The first kappa shape index (κ1) is 20.4. The Morgan fingerprint density at radius 1 is 1.06 bits per heavy atom. The van der Waals surface area contributed by atoms with Gasteiger partial charge in [-0.3, -0.25) is 15.4 Å². The molecule has 0 atom stereocenters. The van der Waals surface area contributed by atoms with Crippen LogP contribution in [-0.2, 0) is 4.74 Å². The molecule has 31 heavy (non-hydrogen) atoms. The molecule has 2 N–H and O–H groups in total. The zero-order valence-corrected chi connectivity index (χ0v) is 16.6. The highest BCUT2D eigenvalue weighted by molar-refractivity contribution is 6.34. The predicted octanol–water partition coefficient (Wildman–Crippen LogP) is 5.31. The molecular weight excluding hydrogens is 424 g/mol. The molecule has 1 aliphatic carbocycles. The highest BCUT2D eigenvalue weighted by atomic mass is 35.5. The van der Waals surface area contributed by atoms with Gasteiger partial charge in [0.05, 0.1) is 15.5 Å². The number of rotatable bonds is 5. The zero-order chi connectivity index (χ0) is 22.1. The number of nitrogens with one attached hydrogen (secondary N) is 1. The van der Waals surface area contributed by atoms with Crippen molar-refractivity contribution >= 4 is 35.0 Å². The fourth-order valence-electron chi connectivity index (χ4n) is 3.72. The van der Waals surface area contributed by atoms with E-state index in [0.717, 1.165) is 34.4 Å². The minimum Gasteiger partial charge on any atom is -0.478 e. The maximum Gasteiger partial charge on any atom is 0.411 e. The molecule has 3 aromatic carbocycles. The number of nitro groups is 1. The molecule has 0 heterocycles. The molecule has 0 aliphatic heterocycles. The summed E-state index contributed by atoms with van der Waals surface area (Å²) in [5.41, 5.74) is 2.84. The van der Waals surface area contributed by atoms with Gasteiger partial charge in [-0.25, -0.2) is 9.59 Å². The Hall–Kier alpha value is -3.91. The van der Waals surface area contributed by atoms with E-state index in [1.165, 1.54) is 0 Å². The van der Waals surface area contributed by atoms with Crippen LogP contribution >= 0.6 is 11.6 Å². The van der Waals surface area contributed by atoms with Gasteiger partial charge in [-0.05, 0) is 28.3 Å². The molecule has 1 aliphatic rings. The van der Waals surface area contributed by atoms with Crippen molar-refractivity contribution in [2.24, 2.45) is 0 Å². The Morgan fingerprint density at radius 3 is 2.19 bits per heavy atom. The van der Waals surface area contributed by atoms with E-state index in [1.807, 2.05) is 48.5 Å². The average Bonchev–Trinajstić information content (AvgIpc) is 3.07. The van der Waals surface area contributed by atoms with E-state index >= 15 is 0 Å². The normalized spacial score (nSPS) is 12.0. The molecule has 3 aromatic rings. The third-order valence-corrected chi connectivity index (χ3v) is 5.38. The van der Waals surface area contributed by atoms with Gasteiger partial charge in [0.1, 0.15) is 12.3 Å². The minimum absolute atomic E-state index is 0.0124. The van der Waals surface area contributed by atoms with Crippen LogP contribution in [0.4, 0.5) is 16.2 Å². The number of ether oxygens (including phenoxy) is 1. The number of amides is 1. The fourth-order valence-corrected chi connectivity index (χ4v) is 3.98. The summed E-state index contributed by atoms with van der Waals surface area (Å²) in [5, 5.41) is 22.4. The van der Waals surface area contributed by atoms with Crippen molar-refractivity contribution in [1.82, 2.24) is 0 Å². The van der Waals surface area contributed by atoms with E-state index < -0.39 is 22.7 Å². The third kappa shape index (κ3) is 3.80. The number of nitrogens with zero attached hydrogens (tertiary/aromatic N) is 1. The van der Waals surface area contributed by atoms with Gasteiger partial charge in [-0.2, -0.15) is 0 Å². The van der Waals surface area contributed by atoms with Crippen LogP contribution in [0.25, 0.3) is 11.1 Å². The average molecular weight is 439 g/mol. The van der Waals surface area contributed by atoms with Crippen molar-refractivity contribution in [2.75, 3.05) is 11.9 Å². The van der Waals surface area contributed by atoms with Gasteiger partial charge in [-0.15, -0.1) is 0 Å². The van der Waals surface area contributed by atoms with Crippen molar-refractivity contribution in [3.8, 4) is 11.1 Å². The van der Waals surface area contributed by atoms with Gasteiger partial charge in [0.2, 0.25) is 0 Å². The molecule has 9 heteroatoms. The summed E-state index contributed by atoms with van der Waals surface area (Å²) in [5.74, 6) is -1.56. The smallest absolute Gasteiger partial charge is 0.411 e. The first-order chi connectivity index (χ1) is 14.9. The molecule has 0 fully saturated rings. The quantitative estimate of drug-likeness (QED) is 0.411. The molecule has 4 rings (SSSR count). The molecule has 0 aromatic heterocycles. The van der Waals surface area contributed by atoms with Crippen molar-refractivity contribution < 1.29 is 24.4 Å². The Balaban J connectivity index is 1.55. The number of carbonyl (C=O) groups is 2. The van der Waals surface area contributed by atoms with Crippen molar-refractivity contribution in [3.63, 3.8) is 0 Å². The molecule has 0 saturated carbocycles. The zero-order valence-electron chi connectivity index (χ0n) is 15.9. The molecule has 0 radical (unpaired) electrons. The van der Waals surface area contributed by atoms with Crippen molar-refractivity contribution in [3.05, 3.63) is 92.5 Å². The van der Waals surface area contributed by atoms with E-state index in [2.05, 4.69) is 5.32 Å². The predicted molar refractivity (Wildman–Crippen MR) is 114 cm³/mol. The monoisotopic (exact) mass is 438 g/mol. The highest BCUT2D eigenvalue weighted by Gasteiger charge is 2.29. The minimum atomic E-state index is -1.38. The first-order valence-corrected chi connectivity index (χ1v) is 9.58. The summed E-state index contributed by atoms with van der Waals surface area (Å²) in [6, 6.07) is 17.5. The lowest BCUT2D eigenvalue weighted by atomic mass is 9.98. The molecule has 0 bridgehead atoms. The molecular formula is C22H15ClN2O6. The van der Waals surface area contributed by atoms with Gasteiger partial charge in [-0.1, -0.05) is 60.1 Å². The molecule has 0 saturated heterocycles. The van der Waals surface area contributed by atoms with Crippen LogP contribution in [-0.4, -0.2) is 28.7 Å². The number of nitro benzene ring substituents is 1. The molecule has 8 nitrogen and oxygen atoms in total. The summed E-state index contributed by atoms with van der Waals surface area (Å²) < 4.78 is 5.36. The summed E-state index contributed by atoms with van der Waals surface area (Å²) in [7, 11) is 0. The summed E-state index contributed by atoms with van der Waals surface area (Å²) in [6.45, 7) is 0.0124. The highest BCUT2D eigenvalue weighted by Crippen LogP contribution is 2.44. The SMILES string of the molecule is O=C(Nc1c(Cl)cc(C(=O)O)cc1[N+](=O)[O-])OCC1c2ccccc2-c2ccccc21. The van der Waals surface area contributed by atoms with Gasteiger partial charge >= 0.3 is 12.1 Å². The molecule has 0 spiro atoms. The first-order valence-electron chi connectivity index (χ1n) is 9.20. The second kappa shape index (κ2) is 8.08. The Bertz CT molecular complexity index is 1180. The van der Waals surface area contributed by atoms with Crippen molar-refractivity contribution in [2.45, 2.75) is 5.92 Å². The van der Waals surface area contributed by atoms with Crippen LogP contribution in [0.5, 0.6) is 0 Å². The van der Waals surface area contributed by atoms with E-state index in [0.29, 0.717) is 0 Å². The van der Waals surface area contributed by atoms with E-state index in [-0.39, 0.29) is 28.8 Å². The number of carbonyl (C=O) groups excluding carboxylic acids is 1. The summed E-state index contributed by atoms with van der Waals surface area (Å²) >= 11 is 5.99. The van der Waals surface area contributed by atoms with E-state index in [4.69, 9.17) is 21.4 Å². The maximum absolute atomic E-state index is 12.4. The Kier molecular flexibility index (Phi) is 5.31. The van der Waals surface area contributed by atoms with E-state index in [9.17, 15) is 19.7 Å². The number of anilines is 1. The lowest BCUT2D eigenvalue weighted by Crippen LogP contribution is -2.19. The van der Waals surface area contributed by atoms with Crippen LogP contribution < -0.4 is 5.32 Å². The Labute approximate surface area is 181 Å². The van der Waals surface area contributed by atoms with Crippen LogP contribution in [0.2, 0.25) is 5.02 Å². The van der Waals surface area contributed by atoms with Crippen LogP contribution in [0, 0.1) is 10.1 Å².